The van der Waals surface area contributed by atoms with Gasteiger partial charge in [-0.15, -0.1) is 0 Å². The molecular formula is C16H21N3O3. The minimum absolute atomic E-state index is 0.00483. The molecule has 0 radical (unpaired) electrons. The van der Waals surface area contributed by atoms with Gasteiger partial charge in [0.05, 0.1) is 5.92 Å². The van der Waals surface area contributed by atoms with Gasteiger partial charge in [0.1, 0.15) is 0 Å². The summed E-state index contributed by atoms with van der Waals surface area (Å²) in [5, 5.41) is 9.48. The fraction of sp³-hybridized carbons (Fsp3) is 0.562. The van der Waals surface area contributed by atoms with E-state index in [-0.39, 0.29) is 11.8 Å². The molecule has 0 aromatic carbocycles. The van der Waals surface area contributed by atoms with Crippen LogP contribution in [0.3, 0.4) is 0 Å². The highest BCUT2D eigenvalue weighted by molar-refractivity contribution is 5.78. The summed E-state index contributed by atoms with van der Waals surface area (Å²) in [6.45, 7) is 3.56. The Morgan fingerprint density at radius 1 is 1.27 bits per heavy atom. The molecule has 1 aromatic rings. The zero-order valence-corrected chi connectivity index (χ0v) is 12.5. The maximum absolute atomic E-state index is 11.6. The first kappa shape index (κ1) is 15.0. The molecule has 3 rings (SSSR count). The standard InChI is InChI=1S/C16H21N3O3/c20-15-2-1-7-19(15)9-8-18-10-13(14(11-18)16(21)22)12-3-5-17-6-4-12/h3-6,13-14H,1-2,7-11H2,(H,21,22)/t13-,14+/m0/s1. The van der Waals surface area contributed by atoms with Crippen molar-refractivity contribution < 1.29 is 14.7 Å². The van der Waals surface area contributed by atoms with Crippen LogP contribution in [0.5, 0.6) is 0 Å². The number of nitrogens with zero attached hydrogens (tertiary/aromatic N) is 3. The number of aliphatic carboxylic acids is 1. The van der Waals surface area contributed by atoms with E-state index in [1.54, 1.807) is 12.4 Å². The first-order chi connectivity index (χ1) is 10.6. The molecule has 1 amide bonds. The van der Waals surface area contributed by atoms with Crippen molar-refractivity contribution in [1.82, 2.24) is 14.8 Å². The van der Waals surface area contributed by atoms with Crippen molar-refractivity contribution in [3.8, 4) is 0 Å². The van der Waals surface area contributed by atoms with Gasteiger partial charge >= 0.3 is 5.97 Å². The maximum atomic E-state index is 11.6. The highest BCUT2D eigenvalue weighted by Gasteiger charge is 2.38. The summed E-state index contributed by atoms with van der Waals surface area (Å²) < 4.78 is 0. The van der Waals surface area contributed by atoms with Crippen LogP contribution in [0.1, 0.15) is 24.3 Å². The third-order valence-electron chi connectivity index (χ3n) is 4.70. The maximum Gasteiger partial charge on any atom is 0.308 e. The van der Waals surface area contributed by atoms with Gasteiger partial charge in [-0.25, -0.2) is 0 Å². The zero-order valence-electron chi connectivity index (χ0n) is 12.5. The van der Waals surface area contributed by atoms with Crippen molar-refractivity contribution in [2.24, 2.45) is 5.92 Å². The highest BCUT2D eigenvalue weighted by atomic mass is 16.4. The van der Waals surface area contributed by atoms with Crippen LogP contribution >= 0.6 is 0 Å². The number of likely N-dealkylation sites (tertiary alicyclic amines) is 2. The van der Waals surface area contributed by atoms with Crippen LogP contribution in [0, 0.1) is 5.92 Å². The smallest absolute Gasteiger partial charge is 0.308 e. The summed E-state index contributed by atoms with van der Waals surface area (Å²) >= 11 is 0. The van der Waals surface area contributed by atoms with E-state index in [9.17, 15) is 14.7 Å². The van der Waals surface area contributed by atoms with Crippen LogP contribution in [-0.2, 0) is 9.59 Å². The number of pyridine rings is 1. The fourth-order valence-corrected chi connectivity index (χ4v) is 3.47. The lowest BCUT2D eigenvalue weighted by Gasteiger charge is -2.21. The topological polar surface area (TPSA) is 73.7 Å². The monoisotopic (exact) mass is 303 g/mol. The summed E-state index contributed by atoms with van der Waals surface area (Å²) in [6.07, 6.45) is 5.01. The number of amides is 1. The third kappa shape index (κ3) is 3.11. The van der Waals surface area contributed by atoms with Crippen LogP contribution in [-0.4, -0.2) is 64.5 Å². The summed E-state index contributed by atoms with van der Waals surface area (Å²) in [5.41, 5.74) is 1.03. The van der Waals surface area contributed by atoms with Gasteiger partial charge in [-0.3, -0.25) is 14.6 Å². The number of carbonyl (C=O) groups is 2. The summed E-state index contributed by atoms with van der Waals surface area (Å²) in [6, 6.07) is 3.79. The number of carbonyl (C=O) groups excluding carboxylic acids is 1. The number of hydrogen-bond donors (Lipinski definition) is 1. The molecule has 0 bridgehead atoms. The SMILES string of the molecule is O=C(O)[C@@H]1CN(CCN2CCCC2=O)C[C@H]1c1ccncc1. The van der Waals surface area contributed by atoms with E-state index in [1.807, 2.05) is 17.0 Å². The van der Waals surface area contributed by atoms with Crippen molar-refractivity contribution in [3.63, 3.8) is 0 Å². The number of carboxylic acid groups (broad SMARTS) is 1. The van der Waals surface area contributed by atoms with Gasteiger partial charge < -0.3 is 14.9 Å². The van der Waals surface area contributed by atoms with E-state index in [4.69, 9.17) is 0 Å². The average Bonchev–Trinajstić information content (AvgIpc) is 3.12. The molecule has 22 heavy (non-hydrogen) atoms. The van der Waals surface area contributed by atoms with Gasteiger partial charge in [0.25, 0.3) is 0 Å². The minimum Gasteiger partial charge on any atom is -0.481 e. The Morgan fingerprint density at radius 3 is 2.68 bits per heavy atom. The van der Waals surface area contributed by atoms with Crippen LogP contribution in [0.2, 0.25) is 0 Å². The van der Waals surface area contributed by atoms with Gasteiger partial charge in [-0.05, 0) is 24.1 Å². The molecule has 2 saturated heterocycles. The molecule has 1 N–H and O–H groups in total. The lowest BCUT2D eigenvalue weighted by atomic mass is 9.90. The molecule has 0 spiro atoms. The van der Waals surface area contributed by atoms with Crippen LogP contribution < -0.4 is 0 Å². The molecule has 2 atom stereocenters. The minimum atomic E-state index is -0.749. The van der Waals surface area contributed by atoms with Crippen molar-refractivity contribution in [2.75, 3.05) is 32.7 Å². The van der Waals surface area contributed by atoms with Crippen LogP contribution in [0.15, 0.2) is 24.5 Å². The van der Waals surface area contributed by atoms with Gasteiger partial charge in [-0.1, -0.05) is 0 Å². The van der Waals surface area contributed by atoms with Gasteiger partial charge in [0.15, 0.2) is 0 Å². The Balaban J connectivity index is 1.63. The quantitative estimate of drug-likeness (QED) is 0.871. The second kappa shape index (κ2) is 6.44. The van der Waals surface area contributed by atoms with Gasteiger partial charge in [-0.2, -0.15) is 0 Å². The normalized spacial score (nSPS) is 25.8. The molecular weight excluding hydrogens is 282 g/mol. The van der Waals surface area contributed by atoms with Crippen molar-refractivity contribution >= 4 is 11.9 Å². The molecule has 2 aliphatic rings. The Bertz CT molecular complexity index is 549. The molecule has 2 aliphatic heterocycles. The average molecular weight is 303 g/mol. The van der Waals surface area contributed by atoms with E-state index < -0.39 is 11.9 Å². The summed E-state index contributed by atoms with van der Waals surface area (Å²) in [5.74, 6) is -0.923. The lowest BCUT2D eigenvalue weighted by molar-refractivity contribution is -0.141. The van der Waals surface area contributed by atoms with E-state index in [0.717, 1.165) is 31.6 Å². The summed E-state index contributed by atoms with van der Waals surface area (Å²) in [4.78, 5) is 31.2. The number of rotatable bonds is 5. The van der Waals surface area contributed by atoms with E-state index in [2.05, 4.69) is 9.88 Å². The Kier molecular flexibility index (Phi) is 4.38. The third-order valence-corrected chi connectivity index (χ3v) is 4.70. The van der Waals surface area contributed by atoms with Crippen LogP contribution in [0.25, 0.3) is 0 Å². The second-order valence-corrected chi connectivity index (χ2v) is 6.08. The molecule has 0 saturated carbocycles. The second-order valence-electron chi connectivity index (χ2n) is 6.08. The number of aromatic nitrogens is 1. The summed E-state index contributed by atoms with van der Waals surface area (Å²) in [7, 11) is 0. The lowest BCUT2D eigenvalue weighted by Crippen LogP contribution is -2.35. The molecule has 0 unspecified atom stereocenters. The predicted molar refractivity (Wildman–Crippen MR) is 80.4 cm³/mol. The predicted octanol–water partition coefficient (Wildman–Crippen LogP) is 0.804. The Hall–Kier alpha value is -1.95. The van der Waals surface area contributed by atoms with Crippen LogP contribution in [0.4, 0.5) is 0 Å². The van der Waals surface area contributed by atoms with Crippen molar-refractivity contribution in [2.45, 2.75) is 18.8 Å². The zero-order chi connectivity index (χ0) is 15.5. The van der Waals surface area contributed by atoms with E-state index in [0.29, 0.717) is 19.5 Å². The molecule has 6 heteroatoms. The molecule has 6 nitrogen and oxygen atoms in total. The van der Waals surface area contributed by atoms with E-state index >= 15 is 0 Å². The highest BCUT2D eigenvalue weighted by Crippen LogP contribution is 2.32. The number of carboxylic acids is 1. The fourth-order valence-electron chi connectivity index (χ4n) is 3.47. The molecule has 3 heterocycles. The molecule has 1 aromatic heterocycles. The largest absolute Gasteiger partial charge is 0.481 e. The number of hydrogen-bond acceptors (Lipinski definition) is 4. The molecule has 118 valence electrons. The van der Waals surface area contributed by atoms with E-state index in [1.165, 1.54) is 0 Å². The van der Waals surface area contributed by atoms with Gasteiger partial charge in [0.2, 0.25) is 5.91 Å². The van der Waals surface area contributed by atoms with Gasteiger partial charge in [0, 0.05) is 57.5 Å². The Morgan fingerprint density at radius 2 is 2.05 bits per heavy atom. The molecule has 0 aliphatic carbocycles. The van der Waals surface area contributed by atoms with Crippen molar-refractivity contribution in [1.29, 1.82) is 0 Å². The molecule has 2 fully saturated rings. The van der Waals surface area contributed by atoms with Crippen molar-refractivity contribution in [3.05, 3.63) is 30.1 Å². The Labute approximate surface area is 129 Å². The first-order valence-corrected chi connectivity index (χ1v) is 7.78. The first-order valence-electron chi connectivity index (χ1n) is 7.78.